The quantitative estimate of drug-likeness (QED) is 0.617. The second-order valence-corrected chi connectivity index (χ2v) is 7.63. The van der Waals surface area contributed by atoms with Crippen LogP contribution in [0.1, 0.15) is 52.2 Å². The summed E-state index contributed by atoms with van der Waals surface area (Å²) in [6.45, 7) is 13.7. The van der Waals surface area contributed by atoms with Crippen LogP contribution in [0.25, 0.3) is 0 Å². The van der Waals surface area contributed by atoms with E-state index in [0.29, 0.717) is 18.4 Å². The van der Waals surface area contributed by atoms with Crippen LogP contribution < -0.4 is 10.6 Å². The summed E-state index contributed by atoms with van der Waals surface area (Å²) in [6.07, 6.45) is 4.31. The lowest BCUT2D eigenvalue weighted by molar-refractivity contribution is 0.324. The molecule has 1 aromatic rings. The highest BCUT2D eigenvalue weighted by molar-refractivity contribution is 5.79. The van der Waals surface area contributed by atoms with Gasteiger partial charge in [0.05, 0.1) is 12.7 Å². The molecule has 24 heavy (non-hydrogen) atoms. The molecule has 6 nitrogen and oxygen atoms in total. The van der Waals surface area contributed by atoms with E-state index >= 15 is 0 Å². The maximum absolute atomic E-state index is 5.80. The molecule has 1 unspecified atom stereocenters. The van der Waals surface area contributed by atoms with Crippen molar-refractivity contribution in [3.8, 4) is 0 Å². The summed E-state index contributed by atoms with van der Waals surface area (Å²) in [6, 6.07) is 0. The highest BCUT2D eigenvalue weighted by atomic mass is 16.4. The SMILES string of the molecule is CCCN1CCC(CNC(=NC)NCc2ncc(C(C)(C)C)o2)C1. The first kappa shape index (κ1) is 18.8. The van der Waals surface area contributed by atoms with Gasteiger partial charge >= 0.3 is 0 Å². The molecule has 6 heteroatoms. The number of guanidine groups is 1. The molecule has 0 bridgehead atoms. The molecule has 1 aromatic heterocycles. The third kappa shape index (κ3) is 5.51. The summed E-state index contributed by atoms with van der Waals surface area (Å²) in [5, 5.41) is 6.70. The van der Waals surface area contributed by atoms with Crippen molar-refractivity contribution < 1.29 is 4.42 Å². The zero-order valence-electron chi connectivity index (χ0n) is 15.9. The van der Waals surface area contributed by atoms with Gasteiger partial charge in [-0.2, -0.15) is 0 Å². The summed E-state index contributed by atoms with van der Waals surface area (Å²) in [5.74, 6) is 3.10. The normalized spacial score (nSPS) is 19.7. The number of hydrogen-bond acceptors (Lipinski definition) is 4. The third-order valence-corrected chi connectivity index (χ3v) is 4.39. The highest BCUT2D eigenvalue weighted by Crippen LogP contribution is 2.22. The second-order valence-electron chi connectivity index (χ2n) is 7.63. The zero-order valence-corrected chi connectivity index (χ0v) is 15.9. The molecule has 0 radical (unpaired) electrons. The van der Waals surface area contributed by atoms with E-state index in [4.69, 9.17) is 4.42 Å². The predicted octanol–water partition coefficient (Wildman–Crippen LogP) is 2.37. The van der Waals surface area contributed by atoms with Gasteiger partial charge in [0.1, 0.15) is 5.76 Å². The van der Waals surface area contributed by atoms with Crippen molar-refractivity contribution in [1.29, 1.82) is 0 Å². The van der Waals surface area contributed by atoms with Crippen LogP contribution in [-0.2, 0) is 12.0 Å². The first-order valence-electron chi connectivity index (χ1n) is 9.04. The van der Waals surface area contributed by atoms with Crippen LogP contribution >= 0.6 is 0 Å². The van der Waals surface area contributed by atoms with E-state index in [2.05, 4.69) is 53.2 Å². The van der Waals surface area contributed by atoms with Crippen LogP contribution in [0, 0.1) is 5.92 Å². The molecule has 0 spiro atoms. The van der Waals surface area contributed by atoms with E-state index < -0.39 is 0 Å². The topological polar surface area (TPSA) is 65.7 Å². The van der Waals surface area contributed by atoms with E-state index in [0.717, 1.165) is 18.3 Å². The van der Waals surface area contributed by atoms with E-state index in [1.54, 1.807) is 7.05 Å². The van der Waals surface area contributed by atoms with Crippen LogP contribution in [0.4, 0.5) is 0 Å². The van der Waals surface area contributed by atoms with Crippen LogP contribution in [0.2, 0.25) is 0 Å². The molecule has 1 aliphatic rings. The number of oxazole rings is 1. The Bertz CT molecular complexity index is 532. The fraction of sp³-hybridized carbons (Fsp3) is 0.778. The molecule has 1 atom stereocenters. The molecule has 2 heterocycles. The molecule has 0 saturated carbocycles. The third-order valence-electron chi connectivity index (χ3n) is 4.39. The van der Waals surface area contributed by atoms with Crippen molar-refractivity contribution >= 4 is 5.96 Å². The van der Waals surface area contributed by atoms with Gasteiger partial charge in [0.2, 0.25) is 5.89 Å². The van der Waals surface area contributed by atoms with Gasteiger partial charge in [-0.1, -0.05) is 27.7 Å². The molecule has 1 aliphatic heterocycles. The Morgan fingerprint density at radius 2 is 2.21 bits per heavy atom. The van der Waals surface area contributed by atoms with Crippen molar-refractivity contribution in [1.82, 2.24) is 20.5 Å². The van der Waals surface area contributed by atoms with Gasteiger partial charge in [-0.15, -0.1) is 0 Å². The van der Waals surface area contributed by atoms with Gasteiger partial charge < -0.3 is 20.0 Å². The van der Waals surface area contributed by atoms with Crippen molar-refractivity contribution in [2.75, 3.05) is 33.2 Å². The molecule has 1 fully saturated rings. The maximum atomic E-state index is 5.80. The first-order chi connectivity index (χ1) is 11.4. The van der Waals surface area contributed by atoms with Gasteiger partial charge in [-0.3, -0.25) is 4.99 Å². The van der Waals surface area contributed by atoms with Crippen LogP contribution in [-0.4, -0.2) is 49.1 Å². The molecule has 0 amide bonds. The molecule has 2 N–H and O–H groups in total. The molecule has 1 saturated heterocycles. The summed E-state index contributed by atoms with van der Waals surface area (Å²) >= 11 is 0. The summed E-state index contributed by atoms with van der Waals surface area (Å²) in [5.41, 5.74) is -0.0159. The highest BCUT2D eigenvalue weighted by Gasteiger charge is 2.22. The van der Waals surface area contributed by atoms with Crippen molar-refractivity contribution in [2.45, 2.75) is 52.5 Å². The summed E-state index contributed by atoms with van der Waals surface area (Å²) < 4.78 is 5.80. The number of aromatic nitrogens is 1. The molecular weight excluding hydrogens is 302 g/mol. The van der Waals surface area contributed by atoms with Crippen LogP contribution in [0.5, 0.6) is 0 Å². The van der Waals surface area contributed by atoms with Crippen LogP contribution in [0.15, 0.2) is 15.6 Å². The Morgan fingerprint density at radius 1 is 1.42 bits per heavy atom. The van der Waals surface area contributed by atoms with Gasteiger partial charge in [0.25, 0.3) is 0 Å². The smallest absolute Gasteiger partial charge is 0.213 e. The molecule has 0 aromatic carbocycles. The van der Waals surface area contributed by atoms with Gasteiger partial charge in [-0.25, -0.2) is 4.98 Å². The van der Waals surface area contributed by atoms with Crippen molar-refractivity contribution in [2.24, 2.45) is 10.9 Å². The van der Waals surface area contributed by atoms with E-state index in [-0.39, 0.29) is 5.41 Å². The average molecular weight is 335 g/mol. The Balaban J connectivity index is 1.74. The zero-order chi connectivity index (χ0) is 17.6. The van der Waals surface area contributed by atoms with E-state index in [1.807, 2.05) is 6.20 Å². The maximum Gasteiger partial charge on any atom is 0.213 e. The predicted molar refractivity (Wildman–Crippen MR) is 98.2 cm³/mol. The number of aliphatic imine (C=N–C) groups is 1. The molecule has 2 rings (SSSR count). The Labute approximate surface area is 146 Å². The standard InChI is InChI=1S/C18H33N5O/c1-6-8-23-9-7-14(13-23)10-21-17(19-5)22-12-16-20-11-15(24-16)18(2,3)4/h11,14H,6-10,12-13H2,1-5H3,(H2,19,21,22). The number of nitrogens with zero attached hydrogens (tertiary/aromatic N) is 3. The Hall–Kier alpha value is -1.56. The lowest BCUT2D eigenvalue weighted by Crippen LogP contribution is -2.40. The minimum Gasteiger partial charge on any atom is -0.443 e. The second kappa shape index (κ2) is 8.51. The average Bonchev–Trinajstić information content (AvgIpc) is 3.17. The van der Waals surface area contributed by atoms with Gasteiger partial charge in [0.15, 0.2) is 5.96 Å². The lowest BCUT2D eigenvalue weighted by atomic mass is 9.94. The molecule has 136 valence electrons. The minimum absolute atomic E-state index is 0.0159. The van der Waals surface area contributed by atoms with E-state index in [1.165, 1.54) is 32.5 Å². The lowest BCUT2D eigenvalue weighted by Gasteiger charge is -2.16. The molecular formula is C18H33N5O. The number of rotatable bonds is 6. The monoisotopic (exact) mass is 335 g/mol. The summed E-state index contributed by atoms with van der Waals surface area (Å²) in [4.78, 5) is 11.2. The largest absolute Gasteiger partial charge is 0.443 e. The number of likely N-dealkylation sites (tertiary alicyclic amines) is 1. The van der Waals surface area contributed by atoms with Crippen molar-refractivity contribution in [3.05, 3.63) is 17.8 Å². The van der Waals surface area contributed by atoms with Gasteiger partial charge in [-0.05, 0) is 31.8 Å². The summed E-state index contributed by atoms with van der Waals surface area (Å²) in [7, 11) is 1.80. The fourth-order valence-corrected chi connectivity index (χ4v) is 2.96. The minimum atomic E-state index is -0.0159. The fourth-order valence-electron chi connectivity index (χ4n) is 2.96. The molecule has 0 aliphatic carbocycles. The van der Waals surface area contributed by atoms with Crippen molar-refractivity contribution in [3.63, 3.8) is 0 Å². The number of nitrogens with one attached hydrogen (secondary N) is 2. The Kier molecular flexibility index (Phi) is 6.66. The Morgan fingerprint density at radius 3 is 2.83 bits per heavy atom. The number of hydrogen-bond donors (Lipinski definition) is 2. The first-order valence-corrected chi connectivity index (χ1v) is 9.04. The van der Waals surface area contributed by atoms with E-state index in [9.17, 15) is 0 Å². The van der Waals surface area contributed by atoms with Gasteiger partial charge in [0, 0.05) is 25.6 Å². The van der Waals surface area contributed by atoms with Crippen LogP contribution in [0.3, 0.4) is 0 Å².